The number of thiophene rings is 1. The second-order valence-corrected chi connectivity index (χ2v) is 4.13. The minimum Gasteiger partial charge on any atom is -0.465 e. The van der Waals surface area contributed by atoms with E-state index in [0.29, 0.717) is 9.88 Å². The van der Waals surface area contributed by atoms with E-state index in [-0.39, 0.29) is 17.3 Å². The predicted octanol–water partition coefficient (Wildman–Crippen LogP) is 1.70. The van der Waals surface area contributed by atoms with Gasteiger partial charge in [-0.25, -0.2) is 4.79 Å². The molecule has 1 N–H and O–H groups in total. The van der Waals surface area contributed by atoms with Crippen molar-refractivity contribution in [2.24, 2.45) is 0 Å². The maximum atomic E-state index is 11.4. The van der Waals surface area contributed by atoms with Gasteiger partial charge >= 0.3 is 5.97 Å². The number of hydrogen-bond donors (Lipinski definition) is 1. The van der Waals surface area contributed by atoms with Crippen LogP contribution >= 0.6 is 11.3 Å². The van der Waals surface area contributed by atoms with E-state index in [1.807, 2.05) is 0 Å². The molecule has 6 heteroatoms. The Labute approximate surface area is 96.4 Å². The number of amides is 1. The number of hydrogen-bond acceptors (Lipinski definition) is 5. The van der Waals surface area contributed by atoms with Gasteiger partial charge in [0.2, 0.25) is 5.91 Å². The normalized spacial score (nSPS) is 9.69. The van der Waals surface area contributed by atoms with Crippen molar-refractivity contribution >= 4 is 34.0 Å². The molecule has 1 heterocycles. The van der Waals surface area contributed by atoms with Crippen LogP contribution in [0.1, 0.15) is 33.9 Å². The van der Waals surface area contributed by atoms with E-state index in [2.05, 4.69) is 10.1 Å². The average molecular weight is 241 g/mol. The van der Waals surface area contributed by atoms with Gasteiger partial charge in [0.05, 0.1) is 17.6 Å². The first kappa shape index (κ1) is 12.4. The lowest BCUT2D eigenvalue weighted by atomic mass is 10.2. The second kappa shape index (κ2) is 4.89. The SMILES string of the molecule is COC(=O)c1cc(C(C)=O)sc1NC(C)=O. The molecule has 86 valence electrons. The van der Waals surface area contributed by atoms with Crippen molar-refractivity contribution in [3.05, 3.63) is 16.5 Å². The van der Waals surface area contributed by atoms with Gasteiger partial charge in [-0.1, -0.05) is 0 Å². The molecule has 0 unspecified atom stereocenters. The first-order valence-electron chi connectivity index (χ1n) is 4.46. The van der Waals surface area contributed by atoms with Crippen molar-refractivity contribution in [2.75, 3.05) is 12.4 Å². The first-order chi connectivity index (χ1) is 7.45. The van der Waals surface area contributed by atoms with Gasteiger partial charge < -0.3 is 10.1 Å². The van der Waals surface area contributed by atoms with Crippen molar-refractivity contribution in [1.29, 1.82) is 0 Å². The van der Waals surface area contributed by atoms with E-state index >= 15 is 0 Å². The van der Waals surface area contributed by atoms with Crippen molar-refractivity contribution in [1.82, 2.24) is 0 Å². The zero-order valence-corrected chi connectivity index (χ0v) is 9.94. The number of nitrogens with one attached hydrogen (secondary N) is 1. The van der Waals surface area contributed by atoms with Gasteiger partial charge in [0, 0.05) is 6.92 Å². The van der Waals surface area contributed by atoms with Crippen LogP contribution in [0.3, 0.4) is 0 Å². The van der Waals surface area contributed by atoms with Crippen LogP contribution in [0.4, 0.5) is 5.00 Å². The third kappa shape index (κ3) is 2.66. The molecule has 0 aromatic carbocycles. The number of ketones is 1. The summed E-state index contributed by atoms with van der Waals surface area (Å²) in [4.78, 5) is 33.8. The number of esters is 1. The Balaban J connectivity index is 3.17. The van der Waals surface area contributed by atoms with E-state index in [1.54, 1.807) is 0 Å². The predicted molar refractivity (Wildman–Crippen MR) is 60.0 cm³/mol. The Morgan fingerprint density at radius 1 is 1.31 bits per heavy atom. The molecule has 0 fully saturated rings. The summed E-state index contributed by atoms with van der Waals surface area (Å²) in [5.41, 5.74) is 0.202. The smallest absolute Gasteiger partial charge is 0.340 e. The topological polar surface area (TPSA) is 72.5 Å². The molecule has 0 aliphatic carbocycles. The summed E-state index contributed by atoms with van der Waals surface area (Å²) in [5, 5.41) is 2.83. The van der Waals surface area contributed by atoms with Crippen LogP contribution in [0.15, 0.2) is 6.07 Å². The number of rotatable bonds is 3. The highest BCUT2D eigenvalue weighted by Crippen LogP contribution is 2.29. The zero-order valence-electron chi connectivity index (χ0n) is 9.12. The second-order valence-electron chi connectivity index (χ2n) is 3.08. The molecule has 0 saturated carbocycles. The van der Waals surface area contributed by atoms with E-state index in [0.717, 1.165) is 11.3 Å². The van der Waals surface area contributed by atoms with Crippen molar-refractivity contribution in [2.45, 2.75) is 13.8 Å². The third-order valence-corrected chi connectivity index (χ3v) is 2.93. The van der Waals surface area contributed by atoms with Crippen LogP contribution in [0, 0.1) is 0 Å². The summed E-state index contributed by atoms with van der Waals surface area (Å²) < 4.78 is 4.56. The van der Waals surface area contributed by atoms with Gasteiger partial charge in [0.25, 0.3) is 0 Å². The number of Topliss-reactive ketones (excluding diaryl/α,β-unsaturated/α-hetero) is 1. The summed E-state index contributed by atoms with van der Waals surface area (Å²) in [6, 6.07) is 1.42. The van der Waals surface area contributed by atoms with E-state index in [4.69, 9.17) is 0 Å². The molecule has 1 aromatic rings. The fourth-order valence-corrected chi connectivity index (χ4v) is 2.07. The van der Waals surface area contributed by atoms with E-state index in [1.165, 1.54) is 27.0 Å². The van der Waals surface area contributed by atoms with Crippen LogP contribution in [0.2, 0.25) is 0 Å². The van der Waals surface area contributed by atoms with Crippen molar-refractivity contribution in [3.63, 3.8) is 0 Å². The molecule has 0 aliphatic heterocycles. The van der Waals surface area contributed by atoms with Crippen LogP contribution < -0.4 is 5.32 Å². The van der Waals surface area contributed by atoms with Crippen LogP contribution in [0.5, 0.6) is 0 Å². The maximum absolute atomic E-state index is 11.4. The molecular weight excluding hydrogens is 230 g/mol. The van der Waals surface area contributed by atoms with Gasteiger partial charge in [-0.3, -0.25) is 9.59 Å². The van der Waals surface area contributed by atoms with Crippen molar-refractivity contribution in [3.8, 4) is 0 Å². The highest BCUT2D eigenvalue weighted by molar-refractivity contribution is 7.18. The number of anilines is 1. The van der Waals surface area contributed by atoms with Gasteiger partial charge in [0.1, 0.15) is 5.00 Å². The monoisotopic (exact) mass is 241 g/mol. The van der Waals surface area contributed by atoms with Crippen molar-refractivity contribution < 1.29 is 19.1 Å². The number of methoxy groups -OCH3 is 1. The highest BCUT2D eigenvalue weighted by Gasteiger charge is 2.19. The molecule has 1 aromatic heterocycles. The molecule has 5 nitrogen and oxygen atoms in total. The fourth-order valence-electron chi connectivity index (χ4n) is 1.08. The number of ether oxygens (including phenoxy) is 1. The minimum atomic E-state index is -0.576. The van der Waals surface area contributed by atoms with Crippen LogP contribution in [-0.2, 0) is 9.53 Å². The lowest BCUT2D eigenvalue weighted by Crippen LogP contribution is -2.09. The maximum Gasteiger partial charge on any atom is 0.340 e. The Kier molecular flexibility index (Phi) is 3.78. The molecule has 0 spiro atoms. The largest absolute Gasteiger partial charge is 0.465 e. The number of carbonyl (C=O) groups excluding carboxylic acids is 3. The van der Waals surface area contributed by atoms with Crippen LogP contribution in [0.25, 0.3) is 0 Å². The zero-order chi connectivity index (χ0) is 12.3. The summed E-state index contributed by atoms with van der Waals surface area (Å²) in [6.45, 7) is 2.72. The standard InChI is InChI=1S/C10H11NO4S/c1-5(12)8-4-7(10(14)15-3)9(16-8)11-6(2)13/h4H,1-3H3,(H,11,13). The molecule has 0 bridgehead atoms. The van der Waals surface area contributed by atoms with Gasteiger partial charge in [-0.15, -0.1) is 11.3 Å². The minimum absolute atomic E-state index is 0.160. The van der Waals surface area contributed by atoms with Gasteiger partial charge in [-0.2, -0.15) is 0 Å². The molecule has 0 saturated heterocycles. The summed E-state index contributed by atoms with van der Waals surface area (Å²) >= 11 is 1.06. The van der Waals surface area contributed by atoms with E-state index in [9.17, 15) is 14.4 Å². The summed E-state index contributed by atoms with van der Waals surface area (Å²) in [5.74, 6) is -1.04. The Hall–Kier alpha value is -1.69. The summed E-state index contributed by atoms with van der Waals surface area (Å²) in [7, 11) is 1.24. The average Bonchev–Trinajstić information content (AvgIpc) is 2.59. The fraction of sp³-hybridized carbons (Fsp3) is 0.300. The third-order valence-electron chi connectivity index (χ3n) is 1.77. The molecule has 0 aliphatic rings. The Bertz CT molecular complexity index is 450. The quantitative estimate of drug-likeness (QED) is 0.645. The van der Waals surface area contributed by atoms with Gasteiger partial charge in [0.15, 0.2) is 5.78 Å². The Morgan fingerprint density at radius 2 is 1.94 bits per heavy atom. The molecule has 16 heavy (non-hydrogen) atoms. The highest BCUT2D eigenvalue weighted by atomic mass is 32.1. The lowest BCUT2D eigenvalue weighted by molar-refractivity contribution is -0.114. The first-order valence-corrected chi connectivity index (χ1v) is 5.28. The van der Waals surface area contributed by atoms with E-state index < -0.39 is 5.97 Å². The lowest BCUT2D eigenvalue weighted by Gasteiger charge is -2.01. The van der Waals surface area contributed by atoms with Crippen LogP contribution in [-0.4, -0.2) is 24.8 Å². The number of carbonyl (C=O) groups is 3. The molecule has 0 radical (unpaired) electrons. The molecular formula is C10H11NO4S. The Morgan fingerprint density at radius 3 is 2.38 bits per heavy atom. The molecule has 0 atom stereocenters. The summed E-state index contributed by atoms with van der Waals surface area (Å²) in [6.07, 6.45) is 0. The van der Waals surface area contributed by atoms with Gasteiger partial charge in [-0.05, 0) is 13.0 Å². The molecule has 1 amide bonds. The molecule has 1 rings (SSSR count).